The minimum absolute atomic E-state index is 0.137. The molecule has 3 aliphatic rings. The Morgan fingerprint density at radius 2 is 1.51 bits per heavy atom. The van der Waals surface area contributed by atoms with Crippen LogP contribution < -0.4 is 9.64 Å². The fraction of sp³-hybridized carbons (Fsp3) is 0.194. The van der Waals surface area contributed by atoms with Gasteiger partial charge in [0.15, 0.2) is 17.3 Å². The van der Waals surface area contributed by atoms with Gasteiger partial charge in [0.25, 0.3) is 0 Å². The molecule has 0 bridgehead atoms. The van der Waals surface area contributed by atoms with Gasteiger partial charge in [-0.1, -0.05) is 96.6 Å². The van der Waals surface area contributed by atoms with Crippen molar-refractivity contribution in [3.05, 3.63) is 137 Å². The molecule has 7 rings (SSSR count). The van der Waals surface area contributed by atoms with Gasteiger partial charge in [-0.2, -0.15) is 0 Å². The first-order valence-electron chi connectivity index (χ1n) is 14.0. The minimum Gasteiger partial charge on any atom is -0.494 e. The van der Waals surface area contributed by atoms with Crippen LogP contribution in [-0.2, 0) is 0 Å². The van der Waals surface area contributed by atoms with E-state index < -0.39 is 23.4 Å². The van der Waals surface area contributed by atoms with E-state index in [1.165, 1.54) is 0 Å². The lowest BCUT2D eigenvalue weighted by Crippen LogP contribution is -2.48. The summed E-state index contributed by atoms with van der Waals surface area (Å²) < 4.78 is 6.10. The zero-order chi connectivity index (χ0) is 28.3. The van der Waals surface area contributed by atoms with Crippen LogP contribution in [0.3, 0.4) is 0 Å². The number of Topliss-reactive ketones (excluding diaryl/α,β-unsaturated/α-hetero) is 3. The molecular formula is C36H29NO4. The van der Waals surface area contributed by atoms with Crippen molar-refractivity contribution in [2.24, 2.45) is 5.41 Å². The summed E-state index contributed by atoms with van der Waals surface area (Å²) in [5.74, 6) is -0.842. The molecule has 0 saturated carbocycles. The Kier molecular flexibility index (Phi) is 5.79. The summed E-state index contributed by atoms with van der Waals surface area (Å²) in [6.07, 6.45) is 3.95. The molecule has 1 spiro atoms. The minimum atomic E-state index is -1.55. The Morgan fingerprint density at radius 3 is 2.22 bits per heavy atom. The van der Waals surface area contributed by atoms with E-state index in [0.717, 1.165) is 16.8 Å². The molecule has 5 heteroatoms. The Morgan fingerprint density at radius 1 is 0.854 bits per heavy atom. The number of para-hydroxylation sites is 1. The van der Waals surface area contributed by atoms with Crippen molar-refractivity contribution in [2.45, 2.75) is 31.8 Å². The first kappa shape index (κ1) is 25.2. The van der Waals surface area contributed by atoms with E-state index in [9.17, 15) is 14.4 Å². The lowest BCUT2D eigenvalue weighted by atomic mass is 9.64. The zero-order valence-electron chi connectivity index (χ0n) is 22.9. The Hall–Kier alpha value is -4.77. The maximum atomic E-state index is 14.8. The summed E-state index contributed by atoms with van der Waals surface area (Å²) >= 11 is 0. The molecular weight excluding hydrogens is 510 g/mol. The molecule has 0 aromatic heterocycles. The maximum Gasteiger partial charge on any atom is 0.185 e. The lowest BCUT2D eigenvalue weighted by Gasteiger charge is -2.37. The molecule has 2 heterocycles. The second-order valence-electron chi connectivity index (χ2n) is 11.0. The van der Waals surface area contributed by atoms with Gasteiger partial charge in [0, 0.05) is 33.9 Å². The van der Waals surface area contributed by atoms with E-state index in [1.807, 2.05) is 85.5 Å². The summed E-state index contributed by atoms with van der Waals surface area (Å²) in [5, 5.41) is 0. The SMILES string of the molecule is CCOc1ccccc1[C@H]1[C@H](C(=O)c2ccccc2)N2c3ccc(C)cc3C=CC2C12C(=O)c1ccccc1C2=O. The van der Waals surface area contributed by atoms with Crippen molar-refractivity contribution in [2.75, 3.05) is 11.5 Å². The number of fused-ring (bicyclic) bond motifs is 5. The molecule has 2 aliphatic heterocycles. The van der Waals surface area contributed by atoms with Crippen LogP contribution in [0.15, 0.2) is 103 Å². The van der Waals surface area contributed by atoms with Gasteiger partial charge in [-0.05, 0) is 37.6 Å². The van der Waals surface area contributed by atoms with Gasteiger partial charge in [-0.25, -0.2) is 0 Å². The molecule has 3 atom stereocenters. The number of rotatable bonds is 5. The monoisotopic (exact) mass is 539 g/mol. The summed E-state index contributed by atoms with van der Waals surface area (Å²) in [4.78, 5) is 46.3. The molecule has 0 radical (unpaired) electrons. The second kappa shape index (κ2) is 9.41. The van der Waals surface area contributed by atoms with Crippen molar-refractivity contribution in [1.82, 2.24) is 0 Å². The van der Waals surface area contributed by atoms with Crippen LogP contribution in [0.2, 0.25) is 0 Å². The van der Waals surface area contributed by atoms with Gasteiger partial charge in [0.2, 0.25) is 0 Å². The number of aryl methyl sites for hydroxylation is 1. The lowest BCUT2D eigenvalue weighted by molar-refractivity contribution is 0.0664. The highest BCUT2D eigenvalue weighted by Crippen LogP contribution is 2.62. The largest absolute Gasteiger partial charge is 0.494 e. The number of benzene rings is 4. The number of hydrogen-bond acceptors (Lipinski definition) is 5. The van der Waals surface area contributed by atoms with Crippen LogP contribution in [-0.4, -0.2) is 36.0 Å². The molecule has 1 fully saturated rings. The molecule has 0 amide bonds. The maximum absolute atomic E-state index is 14.8. The number of hydrogen-bond donors (Lipinski definition) is 0. The van der Waals surface area contributed by atoms with Gasteiger partial charge in [-0.15, -0.1) is 0 Å². The average Bonchev–Trinajstić information content (AvgIpc) is 3.43. The van der Waals surface area contributed by atoms with E-state index >= 15 is 0 Å². The van der Waals surface area contributed by atoms with Gasteiger partial charge in [0.1, 0.15) is 17.2 Å². The van der Waals surface area contributed by atoms with E-state index in [0.29, 0.717) is 34.6 Å². The van der Waals surface area contributed by atoms with Crippen LogP contribution in [0.5, 0.6) is 5.75 Å². The first-order chi connectivity index (χ1) is 20.0. The number of ether oxygens (including phenoxy) is 1. The number of anilines is 1. The van der Waals surface area contributed by atoms with Crippen LogP contribution in [0, 0.1) is 12.3 Å². The van der Waals surface area contributed by atoms with Crippen LogP contribution in [0.1, 0.15) is 60.6 Å². The van der Waals surface area contributed by atoms with Crippen molar-refractivity contribution >= 4 is 29.1 Å². The summed E-state index contributed by atoms with van der Waals surface area (Å²) in [5.41, 5.74) is 3.37. The van der Waals surface area contributed by atoms with E-state index in [2.05, 4.69) is 6.07 Å². The highest BCUT2D eigenvalue weighted by Gasteiger charge is 2.71. The molecule has 1 unspecified atom stereocenters. The normalized spacial score (nSPS) is 21.5. The predicted octanol–water partition coefficient (Wildman–Crippen LogP) is 6.71. The first-order valence-corrected chi connectivity index (χ1v) is 14.0. The fourth-order valence-electron chi connectivity index (χ4n) is 7.24. The van der Waals surface area contributed by atoms with Crippen molar-refractivity contribution in [1.29, 1.82) is 0 Å². The molecule has 41 heavy (non-hydrogen) atoms. The third-order valence-electron chi connectivity index (χ3n) is 8.84. The number of ketones is 3. The van der Waals surface area contributed by atoms with Gasteiger partial charge in [0.05, 0.1) is 12.6 Å². The van der Waals surface area contributed by atoms with E-state index in [4.69, 9.17) is 4.74 Å². The Balaban J connectivity index is 1.57. The third-order valence-corrected chi connectivity index (χ3v) is 8.84. The summed E-state index contributed by atoms with van der Waals surface area (Å²) in [6, 6.07) is 28.3. The quantitative estimate of drug-likeness (QED) is 0.208. The Labute approximate surface area is 239 Å². The standard InChI is InChI=1S/C36H29NO4/c1-3-41-29-16-10-9-15-27(29)31-32(33(38)23-11-5-4-6-12-23)37-28-19-17-22(2)21-24(28)18-20-30(37)36(31)34(39)25-13-7-8-14-26(25)35(36)40/h4-21,30-32H,3H2,1-2H3/t30?,31-,32+/m0/s1. The molecule has 4 aromatic carbocycles. The van der Waals surface area contributed by atoms with Gasteiger partial charge < -0.3 is 9.64 Å². The van der Waals surface area contributed by atoms with Crippen molar-refractivity contribution in [3.63, 3.8) is 0 Å². The topological polar surface area (TPSA) is 63.7 Å². The number of carbonyl (C=O) groups excluding carboxylic acids is 3. The summed E-state index contributed by atoms with van der Waals surface area (Å²) in [6.45, 7) is 4.34. The molecule has 1 saturated heterocycles. The smallest absolute Gasteiger partial charge is 0.185 e. The highest BCUT2D eigenvalue weighted by atomic mass is 16.5. The van der Waals surface area contributed by atoms with Crippen molar-refractivity contribution < 1.29 is 19.1 Å². The van der Waals surface area contributed by atoms with E-state index in [-0.39, 0.29) is 17.3 Å². The van der Waals surface area contributed by atoms with Crippen molar-refractivity contribution in [3.8, 4) is 5.75 Å². The highest BCUT2D eigenvalue weighted by molar-refractivity contribution is 6.32. The second-order valence-corrected chi connectivity index (χ2v) is 11.0. The number of nitrogens with zero attached hydrogens (tertiary/aromatic N) is 1. The van der Waals surface area contributed by atoms with Crippen LogP contribution in [0.25, 0.3) is 6.08 Å². The molecule has 4 aromatic rings. The van der Waals surface area contributed by atoms with Crippen LogP contribution >= 0.6 is 0 Å². The summed E-state index contributed by atoms with van der Waals surface area (Å²) in [7, 11) is 0. The van der Waals surface area contributed by atoms with Gasteiger partial charge >= 0.3 is 0 Å². The molecule has 0 N–H and O–H groups in total. The molecule has 5 nitrogen and oxygen atoms in total. The van der Waals surface area contributed by atoms with Crippen LogP contribution in [0.4, 0.5) is 5.69 Å². The number of carbonyl (C=O) groups is 3. The zero-order valence-corrected chi connectivity index (χ0v) is 22.9. The third kappa shape index (κ3) is 3.45. The average molecular weight is 540 g/mol. The van der Waals surface area contributed by atoms with E-state index in [1.54, 1.807) is 36.4 Å². The fourth-order valence-corrected chi connectivity index (χ4v) is 7.24. The molecule has 1 aliphatic carbocycles. The Bertz CT molecular complexity index is 1720. The predicted molar refractivity (Wildman–Crippen MR) is 159 cm³/mol. The molecule has 202 valence electrons. The van der Waals surface area contributed by atoms with Gasteiger partial charge in [-0.3, -0.25) is 14.4 Å².